The lowest BCUT2D eigenvalue weighted by atomic mass is 10.3. The number of hydrogen-bond donors (Lipinski definition) is 2. The normalized spacial score (nSPS) is 10.2. The van der Waals surface area contributed by atoms with Crippen molar-refractivity contribution in [3.05, 3.63) is 35.3 Å². The van der Waals surface area contributed by atoms with Crippen molar-refractivity contribution < 1.29 is 9.53 Å². The number of nitrogens with two attached hydrogens (primary N) is 1. The molecule has 0 bridgehead atoms. The predicted octanol–water partition coefficient (Wildman–Crippen LogP) is 2.57. The predicted molar refractivity (Wildman–Crippen MR) is 76.6 cm³/mol. The van der Waals surface area contributed by atoms with Gasteiger partial charge in [-0.25, -0.2) is 4.98 Å². The Kier molecular flexibility index (Phi) is 4.35. The molecule has 19 heavy (non-hydrogen) atoms. The zero-order valence-corrected chi connectivity index (χ0v) is 11.4. The Balaban J connectivity index is 1.99. The number of carbonyl (C=O) groups excluding carboxylic acids is 1. The van der Waals surface area contributed by atoms with Crippen molar-refractivity contribution >= 4 is 33.8 Å². The van der Waals surface area contributed by atoms with Gasteiger partial charge in [-0.15, -0.1) is 11.3 Å². The minimum Gasteiger partial charge on any atom is -0.466 e. The summed E-state index contributed by atoms with van der Waals surface area (Å²) in [5.41, 5.74) is 7.96. The average molecular weight is 277 g/mol. The average Bonchev–Trinajstić information content (AvgIpc) is 2.76. The SMILES string of the molecule is CCOC(=O)Cc1csc(Nc2cccc(N)c2)n1. The molecule has 0 atom stereocenters. The summed E-state index contributed by atoms with van der Waals surface area (Å²) in [5.74, 6) is -0.261. The molecule has 1 aromatic heterocycles. The van der Waals surface area contributed by atoms with Gasteiger partial charge >= 0.3 is 5.97 Å². The molecule has 1 heterocycles. The molecule has 3 N–H and O–H groups in total. The molecule has 0 aliphatic rings. The van der Waals surface area contributed by atoms with Crippen LogP contribution in [0.15, 0.2) is 29.6 Å². The summed E-state index contributed by atoms with van der Waals surface area (Å²) >= 11 is 1.44. The summed E-state index contributed by atoms with van der Waals surface area (Å²) in [4.78, 5) is 15.7. The Morgan fingerprint density at radius 1 is 1.53 bits per heavy atom. The maximum absolute atomic E-state index is 11.3. The van der Waals surface area contributed by atoms with Gasteiger partial charge in [-0.05, 0) is 25.1 Å². The van der Waals surface area contributed by atoms with Crippen LogP contribution in [0.4, 0.5) is 16.5 Å². The molecule has 0 radical (unpaired) electrons. The van der Waals surface area contributed by atoms with Crippen molar-refractivity contribution in [3.8, 4) is 0 Å². The molecule has 0 unspecified atom stereocenters. The van der Waals surface area contributed by atoms with Gasteiger partial charge in [-0.1, -0.05) is 6.07 Å². The Labute approximate surface area is 115 Å². The highest BCUT2D eigenvalue weighted by molar-refractivity contribution is 7.13. The summed E-state index contributed by atoms with van der Waals surface area (Å²) in [6.45, 7) is 2.17. The van der Waals surface area contributed by atoms with Gasteiger partial charge in [0.15, 0.2) is 5.13 Å². The van der Waals surface area contributed by atoms with Crippen LogP contribution in [-0.2, 0) is 16.0 Å². The summed E-state index contributed by atoms with van der Waals surface area (Å²) < 4.78 is 4.88. The van der Waals surface area contributed by atoms with E-state index in [1.807, 2.05) is 29.6 Å². The number of aromatic nitrogens is 1. The van der Waals surface area contributed by atoms with Crippen molar-refractivity contribution in [1.82, 2.24) is 4.98 Å². The van der Waals surface area contributed by atoms with E-state index in [1.165, 1.54) is 11.3 Å². The number of hydrogen-bond acceptors (Lipinski definition) is 6. The number of benzene rings is 1. The Bertz CT molecular complexity index is 569. The highest BCUT2D eigenvalue weighted by atomic mass is 32.1. The number of thiazole rings is 1. The molecule has 0 amide bonds. The molecule has 0 saturated heterocycles. The van der Waals surface area contributed by atoms with Gasteiger partial charge in [-0.3, -0.25) is 4.79 Å². The van der Waals surface area contributed by atoms with E-state index in [0.29, 0.717) is 18.0 Å². The monoisotopic (exact) mass is 277 g/mol. The minimum atomic E-state index is -0.261. The van der Waals surface area contributed by atoms with E-state index < -0.39 is 0 Å². The second-order valence-corrected chi connectivity index (χ2v) is 4.73. The van der Waals surface area contributed by atoms with Gasteiger partial charge in [-0.2, -0.15) is 0 Å². The van der Waals surface area contributed by atoms with Crippen molar-refractivity contribution in [2.75, 3.05) is 17.7 Å². The topological polar surface area (TPSA) is 77.2 Å². The Morgan fingerprint density at radius 2 is 2.37 bits per heavy atom. The van der Waals surface area contributed by atoms with Crippen LogP contribution >= 0.6 is 11.3 Å². The summed E-state index contributed by atoms with van der Waals surface area (Å²) in [6, 6.07) is 7.42. The van der Waals surface area contributed by atoms with Crippen molar-refractivity contribution in [3.63, 3.8) is 0 Å². The molecule has 1 aromatic carbocycles. The van der Waals surface area contributed by atoms with Crippen molar-refractivity contribution in [2.45, 2.75) is 13.3 Å². The van der Waals surface area contributed by atoms with E-state index in [9.17, 15) is 4.79 Å². The fourth-order valence-corrected chi connectivity index (χ4v) is 2.28. The number of nitrogens with one attached hydrogen (secondary N) is 1. The lowest BCUT2D eigenvalue weighted by Crippen LogP contribution is -2.07. The van der Waals surface area contributed by atoms with Gasteiger partial charge in [0.05, 0.1) is 18.7 Å². The van der Waals surface area contributed by atoms with E-state index in [4.69, 9.17) is 10.5 Å². The summed E-state index contributed by atoms with van der Waals surface area (Å²) in [7, 11) is 0. The third-order valence-corrected chi connectivity index (χ3v) is 3.13. The highest BCUT2D eigenvalue weighted by Crippen LogP contribution is 2.22. The van der Waals surface area contributed by atoms with Crippen LogP contribution in [0, 0.1) is 0 Å². The summed E-state index contributed by atoms with van der Waals surface area (Å²) in [5, 5.41) is 5.71. The first-order valence-electron chi connectivity index (χ1n) is 5.90. The molecule has 2 aromatic rings. The molecular weight excluding hydrogens is 262 g/mol. The van der Waals surface area contributed by atoms with Crippen LogP contribution in [0.1, 0.15) is 12.6 Å². The van der Waals surface area contributed by atoms with E-state index >= 15 is 0 Å². The fraction of sp³-hybridized carbons (Fsp3) is 0.231. The quantitative estimate of drug-likeness (QED) is 0.649. The first-order valence-corrected chi connectivity index (χ1v) is 6.78. The largest absolute Gasteiger partial charge is 0.466 e. The van der Waals surface area contributed by atoms with Crippen molar-refractivity contribution in [2.24, 2.45) is 0 Å². The highest BCUT2D eigenvalue weighted by Gasteiger charge is 2.08. The van der Waals surface area contributed by atoms with Crippen LogP contribution in [0.3, 0.4) is 0 Å². The maximum atomic E-state index is 11.3. The first kappa shape index (κ1) is 13.4. The number of nitrogen functional groups attached to an aromatic ring is 1. The zero-order valence-electron chi connectivity index (χ0n) is 10.6. The molecule has 0 fully saturated rings. The Hall–Kier alpha value is -2.08. The van der Waals surface area contributed by atoms with Crippen LogP contribution in [0.2, 0.25) is 0 Å². The van der Waals surface area contributed by atoms with Gasteiger partial charge in [0.25, 0.3) is 0 Å². The molecule has 6 heteroatoms. The van der Waals surface area contributed by atoms with E-state index in [2.05, 4.69) is 10.3 Å². The summed E-state index contributed by atoms with van der Waals surface area (Å²) in [6.07, 6.45) is 0.197. The van der Waals surface area contributed by atoms with Crippen LogP contribution in [0.25, 0.3) is 0 Å². The van der Waals surface area contributed by atoms with Crippen LogP contribution in [0.5, 0.6) is 0 Å². The van der Waals surface area contributed by atoms with E-state index in [1.54, 1.807) is 6.92 Å². The van der Waals surface area contributed by atoms with Crippen LogP contribution < -0.4 is 11.1 Å². The van der Waals surface area contributed by atoms with E-state index in [0.717, 1.165) is 10.8 Å². The number of esters is 1. The zero-order chi connectivity index (χ0) is 13.7. The lowest BCUT2D eigenvalue weighted by molar-refractivity contribution is -0.142. The number of nitrogens with zero attached hydrogens (tertiary/aromatic N) is 1. The molecule has 0 aliphatic heterocycles. The van der Waals surface area contributed by atoms with Gasteiger partial charge in [0.1, 0.15) is 0 Å². The smallest absolute Gasteiger partial charge is 0.311 e. The minimum absolute atomic E-state index is 0.197. The number of ether oxygens (including phenoxy) is 1. The second-order valence-electron chi connectivity index (χ2n) is 3.88. The second kappa shape index (κ2) is 6.19. The van der Waals surface area contributed by atoms with Crippen LogP contribution in [-0.4, -0.2) is 17.6 Å². The third-order valence-electron chi connectivity index (χ3n) is 2.32. The number of carbonyl (C=O) groups is 1. The molecular formula is C13H15N3O2S. The van der Waals surface area contributed by atoms with Crippen molar-refractivity contribution in [1.29, 1.82) is 0 Å². The van der Waals surface area contributed by atoms with E-state index in [-0.39, 0.29) is 12.4 Å². The molecule has 5 nitrogen and oxygen atoms in total. The van der Waals surface area contributed by atoms with Gasteiger partial charge in [0.2, 0.25) is 0 Å². The maximum Gasteiger partial charge on any atom is 0.311 e. The number of rotatable bonds is 5. The van der Waals surface area contributed by atoms with Gasteiger partial charge in [0, 0.05) is 16.8 Å². The lowest BCUT2D eigenvalue weighted by Gasteiger charge is -2.02. The molecule has 0 spiro atoms. The Morgan fingerprint density at radius 3 is 3.11 bits per heavy atom. The molecule has 0 saturated carbocycles. The standard InChI is InChI=1S/C13H15N3O2S/c1-2-18-12(17)7-11-8-19-13(16-11)15-10-5-3-4-9(14)6-10/h3-6,8H,2,7,14H2,1H3,(H,15,16). The van der Waals surface area contributed by atoms with Gasteiger partial charge < -0.3 is 15.8 Å². The molecule has 100 valence electrons. The third kappa shape index (κ3) is 3.96. The molecule has 0 aliphatic carbocycles. The fourth-order valence-electron chi connectivity index (χ4n) is 1.55. The number of anilines is 3. The molecule has 2 rings (SSSR count). The first-order chi connectivity index (χ1) is 9.17.